The van der Waals surface area contributed by atoms with Crippen LogP contribution in [0, 0.1) is 0 Å². The summed E-state index contributed by atoms with van der Waals surface area (Å²) in [5.74, 6) is 0. The molecule has 0 aromatic heterocycles. The predicted molar refractivity (Wildman–Crippen MR) is 83.3 cm³/mol. The molecule has 1 aromatic rings. The van der Waals surface area contributed by atoms with Crippen LogP contribution in [0.1, 0.15) is 42.9 Å². The molecule has 1 unspecified atom stereocenters. The van der Waals surface area contributed by atoms with Crippen LogP contribution in [-0.2, 0) is 6.42 Å². The minimum absolute atomic E-state index is 0.312. The number of fused-ring (bicyclic) bond motifs is 1. The number of anilines is 1. The van der Waals surface area contributed by atoms with Crippen molar-refractivity contribution in [2.45, 2.75) is 38.2 Å². The van der Waals surface area contributed by atoms with Gasteiger partial charge in [0.1, 0.15) is 0 Å². The molecule has 3 rings (SSSR count). The smallest absolute Gasteiger partial charge is 0.0802 e. The second kappa shape index (κ2) is 6.15. The van der Waals surface area contributed by atoms with Crippen molar-refractivity contribution < 1.29 is 5.11 Å². The van der Waals surface area contributed by atoms with Crippen LogP contribution in [0.5, 0.6) is 0 Å². The van der Waals surface area contributed by atoms with Gasteiger partial charge >= 0.3 is 0 Å². The van der Waals surface area contributed by atoms with Gasteiger partial charge in [-0.25, -0.2) is 0 Å². The van der Waals surface area contributed by atoms with Gasteiger partial charge in [-0.2, -0.15) is 0 Å². The van der Waals surface area contributed by atoms with Crippen LogP contribution in [0.15, 0.2) is 18.2 Å². The number of hydrogen-bond donors (Lipinski definition) is 1. The molecule has 20 heavy (non-hydrogen) atoms. The summed E-state index contributed by atoms with van der Waals surface area (Å²) >= 11 is 0. The monoisotopic (exact) mass is 274 g/mol. The van der Waals surface area contributed by atoms with Gasteiger partial charge in [0.25, 0.3) is 0 Å². The van der Waals surface area contributed by atoms with Crippen LogP contribution >= 0.6 is 0 Å². The largest absolute Gasteiger partial charge is 0.388 e. The fourth-order valence-electron chi connectivity index (χ4n) is 3.49. The van der Waals surface area contributed by atoms with Crippen molar-refractivity contribution in [2.24, 2.45) is 0 Å². The molecule has 0 radical (unpaired) electrons. The summed E-state index contributed by atoms with van der Waals surface area (Å²) in [5.41, 5.74) is 3.83. The van der Waals surface area contributed by atoms with Crippen LogP contribution in [0.25, 0.3) is 0 Å². The van der Waals surface area contributed by atoms with E-state index in [0.717, 1.165) is 31.5 Å². The molecule has 0 spiro atoms. The van der Waals surface area contributed by atoms with E-state index in [2.05, 4.69) is 35.0 Å². The van der Waals surface area contributed by atoms with Crippen molar-refractivity contribution in [3.8, 4) is 0 Å². The predicted octanol–water partition coefficient (Wildman–Crippen LogP) is 2.59. The van der Waals surface area contributed by atoms with Gasteiger partial charge in [-0.3, -0.25) is 0 Å². The minimum atomic E-state index is -0.312. The highest BCUT2D eigenvalue weighted by Crippen LogP contribution is 2.29. The van der Waals surface area contributed by atoms with Crippen molar-refractivity contribution >= 4 is 5.69 Å². The maximum Gasteiger partial charge on any atom is 0.0802 e. The van der Waals surface area contributed by atoms with Gasteiger partial charge < -0.3 is 14.9 Å². The summed E-state index contributed by atoms with van der Waals surface area (Å²) in [4.78, 5) is 4.79. The van der Waals surface area contributed by atoms with E-state index in [0.29, 0.717) is 0 Å². The second-order valence-corrected chi connectivity index (χ2v) is 6.27. The highest BCUT2D eigenvalue weighted by atomic mass is 16.3. The van der Waals surface area contributed by atoms with E-state index in [1.165, 1.54) is 43.6 Å². The van der Waals surface area contributed by atoms with Crippen molar-refractivity contribution in [2.75, 3.05) is 38.1 Å². The summed E-state index contributed by atoms with van der Waals surface area (Å²) in [7, 11) is 2.15. The molecular formula is C17H26N2O. The van der Waals surface area contributed by atoms with Crippen LogP contribution in [0.4, 0.5) is 5.69 Å². The lowest BCUT2D eigenvalue weighted by molar-refractivity contribution is 0.149. The molecule has 3 nitrogen and oxygen atoms in total. The highest BCUT2D eigenvalue weighted by Gasteiger charge is 2.18. The van der Waals surface area contributed by atoms with E-state index in [-0.39, 0.29) is 6.10 Å². The SMILES string of the molecule is CN1CCCc2cc(C(O)CCN3CCCC3)ccc21. The van der Waals surface area contributed by atoms with Crippen LogP contribution in [0.3, 0.4) is 0 Å². The number of aryl methyl sites for hydroxylation is 1. The first-order valence-corrected chi connectivity index (χ1v) is 7.98. The Morgan fingerprint density at radius 2 is 1.95 bits per heavy atom. The molecule has 1 saturated heterocycles. The Balaban J connectivity index is 1.64. The third kappa shape index (κ3) is 2.99. The fraction of sp³-hybridized carbons (Fsp3) is 0.647. The zero-order valence-electron chi connectivity index (χ0n) is 12.5. The second-order valence-electron chi connectivity index (χ2n) is 6.27. The van der Waals surface area contributed by atoms with Crippen molar-refractivity contribution in [3.05, 3.63) is 29.3 Å². The molecule has 3 heteroatoms. The van der Waals surface area contributed by atoms with Gasteiger partial charge in [-0.1, -0.05) is 12.1 Å². The fourth-order valence-corrected chi connectivity index (χ4v) is 3.49. The normalized spacial score (nSPS) is 21.0. The molecule has 2 heterocycles. The minimum Gasteiger partial charge on any atom is -0.388 e. The molecule has 0 bridgehead atoms. The van der Waals surface area contributed by atoms with E-state index in [4.69, 9.17) is 0 Å². The number of aliphatic hydroxyl groups excluding tert-OH is 1. The average molecular weight is 274 g/mol. The lowest BCUT2D eigenvalue weighted by Gasteiger charge is -2.28. The van der Waals surface area contributed by atoms with Gasteiger partial charge in [0.15, 0.2) is 0 Å². The van der Waals surface area contributed by atoms with Crippen LogP contribution < -0.4 is 4.90 Å². The third-order valence-corrected chi connectivity index (χ3v) is 4.76. The average Bonchev–Trinajstić information content (AvgIpc) is 2.98. The summed E-state index contributed by atoms with van der Waals surface area (Å²) < 4.78 is 0. The molecule has 1 atom stereocenters. The maximum absolute atomic E-state index is 10.4. The number of hydrogen-bond acceptors (Lipinski definition) is 3. The van der Waals surface area contributed by atoms with Gasteiger partial charge in [0, 0.05) is 25.8 Å². The van der Waals surface area contributed by atoms with E-state index in [1.54, 1.807) is 0 Å². The summed E-state index contributed by atoms with van der Waals surface area (Å²) in [6.07, 6.45) is 5.55. The molecule has 1 aromatic carbocycles. The van der Waals surface area contributed by atoms with Gasteiger partial charge in [0.2, 0.25) is 0 Å². The molecule has 0 aliphatic carbocycles. The van der Waals surface area contributed by atoms with Crippen LogP contribution in [-0.4, -0.2) is 43.2 Å². The quantitative estimate of drug-likeness (QED) is 0.914. The first kappa shape index (κ1) is 13.9. The first-order chi connectivity index (χ1) is 9.74. The standard InChI is InChI=1S/C17H26N2O/c1-18-9-4-5-14-13-15(6-7-16(14)18)17(20)8-12-19-10-2-3-11-19/h6-7,13,17,20H,2-5,8-12H2,1H3. The van der Waals surface area contributed by atoms with Crippen molar-refractivity contribution in [1.82, 2.24) is 4.90 Å². The van der Waals surface area contributed by atoms with E-state index >= 15 is 0 Å². The molecule has 0 saturated carbocycles. The summed E-state index contributed by atoms with van der Waals surface area (Å²) in [6.45, 7) is 4.59. The Bertz CT molecular complexity index is 454. The Hall–Kier alpha value is -1.06. The lowest BCUT2D eigenvalue weighted by Crippen LogP contribution is -2.25. The zero-order chi connectivity index (χ0) is 13.9. The Labute approximate surface area is 122 Å². The third-order valence-electron chi connectivity index (χ3n) is 4.76. The Kier molecular flexibility index (Phi) is 4.27. The van der Waals surface area contributed by atoms with E-state index < -0.39 is 0 Å². The molecule has 1 N–H and O–H groups in total. The topological polar surface area (TPSA) is 26.7 Å². The zero-order valence-corrected chi connectivity index (χ0v) is 12.5. The van der Waals surface area contributed by atoms with Crippen LogP contribution in [0.2, 0.25) is 0 Å². The molecule has 0 amide bonds. The number of aliphatic hydroxyl groups is 1. The van der Waals surface area contributed by atoms with Gasteiger partial charge in [-0.05, 0) is 62.4 Å². The Morgan fingerprint density at radius 3 is 2.75 bits per heavy atom. The summed E-state index contributed by atoms with van der Waals surface area (Å²) in [6, 6.07) is 6.51. The van der Waals surface area contributed by atoms with Gasteiger partial charge in [-0.15, -0.1) is 0 Å². The number of likely N-dealkylation sites (tertiary alicyclic amines) is 1. The molecule has 2 aliphatic rings. The molecular weight excluding hydrogens is 248 g/mol. The number of nitrogens with zero attached hydrogens (tertiary/aromatic N) is 2. The highest BCUT2D eigenvalue weighted by molar-refractivity contribution is 5.56. The first-order valence-electron chi connectivity index (χ1n) is 7.98. The van der Waals surface area contributed by atoms with E-state index in [9.17, 15) is 5.11 Å². The molecule has 110 valence electrons. The summed E-state index contributed by atoms with van der Waals surface area (Å²) in [5, 5.41) is 10.4. The maximum atomic E-state index is 10.4. The van der Waals surface area contributed by atoms with E-state index in [1.807, 2.05) is 0 Å². The van der Waals surface area contributed by atoms with Gasteiger partial charge in [0.05, 0.1) is 6.10 Å². The number of benzene rings is 1. The van der Waals surface area contributed by atoms with Crippen molar-refractivity contribution in [3.63, 3.8) is 0 Å². The number of rotatable bonds is 4. The Morgan fingerprint density at radius 1 is 1.15 bits per heavy atom. The lowest BCUT2D eigenvalue weighted by atomic mass is 9.96. The van der Waals surface area contributed by atoms with Crippen molar-refractivity contribution in [1.29, 1.82) is 0 Å². The molecule has 1 fully saturated rings. The molecule has 2 aliphatic heterocycles.